The maximum Gasteiger partial charge on any atom is 0.472 e. The van der Waals surface area contributed by atoms with Crippen molar-refractivity contribution in [2.24, 2.45) is 5.92 Å². The van der Waals surface area contributed by atoms with Gasteiger partial charge in [0.05, 0.1) is 26.4 Å². The Morgan fingerprint density at radius 1 is 0.293 bits per heavy atom. The van der Waals surface area contributed by atoms with Gasteiger partial charge in [-0.05, 0) is 31.6 Å². The molecule has 0 radical (unpaired) electrons. The number of ether oxygens (including phenoxy) is 4. The van der Waals surface area contributed by atoms with E-state index in [2.05, 4.69) is 34.6 Å². The fourth-order valence-corrected chi connectivity index (χ4v) is 12.8. The summed E-state index contributed by atoms with van der Waals surface area (Å²) in [6, 6.07) is 0. The molecule has 0 aliphatic heterocycles. The minimum atomic E-state index is -4.95. The van der Waals surface area contributed by atoms with E-state index in [1.165, 1.54) is 193 Å². The Bertz CT molecular complexity index is 1770. The normalized spacial score (nSPS) is 14.0. The Morgan fingerprint density at radius 2 is 0.500 bits per heavy atom. The molecule has 0 saturated carbocycles. The SMILES string of the molecule is CCCCCCCCCCCCCCCCCCCC(=O)O[C@H](COC(=O)CCCCCCCCCCCCCCC(C)C)COP(=O)(O)OC[C@@H](O)COP(=O)(O)OC[C@@H](COC(=O)CCCCCCCCC)OC(=O)CCCCCCCCCCCCCCC. The summed E-state index contributed by atoms with van der Waals surface area (Å²) >= 11 is 0. The number of hydrogen-bond donors (Lipinski definition) is 3. The van der Waals surface area contributed by atoms with Crippen molar-refractivity contribution in [3.05, 3.63) is 0 Å². The van der Waals surface area contributed by atoms with E-state index < -0.39 is 97.5 Å². The number of phosphoric ester groups is 2. The summed E-state index contributed by atoms with van der Waals surface area (Å²) in [5.41, 5.74) is 0. The topological polar surface area (TPSA) is 237 Å². The molecule has 0 aliphatic rings. The second kappa shape index (κ2) is 66.3. The van der Waals surface area contributed by atoms with Gasteiger partial charge in [0.15, 0.2) is 12.2 Å². The minimum Gasteiger partial charge on any atom is -0.462 e. The van der Waals surface area contributed by atoms with Crippen LogP contribution in [0.3, 0.4) is 0 Å². The van der Waals surface area contributed by atoms with E-state index in [1.807, 2.05) is 0 Å². The smallest absolute Gasteiger partial charge is 0.462 e. The molecule has 92 heavy (non-hydrogen) atoms. The number of carbonyl (C=O) groups is 4. The van der Waals surface area contributed by atoms with Crippen LogP contribution in [-0.4, -0.2) is 96.7 Å². The third kappa shape index (κ3) is 66.7. The van der Waals surface area contributed by atoms with Crippen LogP contribution in [-0.2, 0) is 65.4 Å². The highest BCUT2D eigenvalue weighted by atomic mass is 31.2. The molecule has 0 heterocycles. The molecular weight excluding hydrogens is 1210 g/mol. The van der Waals surface area contributed by atoms with E-state index in [-0.39, 0.29) is 25.7 Å². The number of unbranched alkanes of at least 4 members (excludes halogenated alkanes) is 45. The Hall–Kier alpha value is -1.94. The van der Waals surface area contributed by atoms with Gasteiger partial charge in [0.1, 0.15) is 19.3 Å². The fraction of sp³-hybridized carbons (Fsp3) is 0.945. The standard InChI is InChI=1S/C73H142O17P2/c1-6-9-12-15-18-20-22-24-25-26-27-29-35-39-44-49-54-59-73(78)90-69(63-84-71(76)57-52-47-42-37-33-31-30-32-36-41-45-50-55-66(4)5)65-88-92(81,82)86-61-67(74)60-85-91(79,80)87-64-68(62-83-70(75)56-51-46-40-17-14-11-8-3)89-72(77)58-53-48-43-38-34-28-23-21-19-16-13-10-7-2/h66-69,74H,6-65H2,1-5H3,(H,79,80)(H,81,82)/t67-,68+,69+/m0/s1. The van der Waals surface area contributed by atoms with Crippen molar-refractivity contribution < 1.29 is 80.2 Å². The summed E-state index contributed by atoms with van der Waals surface area (Å²) in [7, 11) is -9.90. The van der Waals surface area contributed by atoms with Gasteiger partial charge in [-0.1, -0.05) is 330 Å². The summed E-state index contributed by atoms with van der Waals surface area (Å²) in [4.78, 5) is 72.6. The van der Waals surface area contributed by atoms with Crippen LogP contribution in [0, 0.1) is 5.92 Å². The van der Waals surface area contributed by atoms with Gasteiger partial charge in [-0.3, -0.25) is 37.3 Å². The van der Waals surface area contributed by atoms with Crippen molar-refractivity contribution in [2.75, 3.05) is 39.6 Å². The molecule has 17 nitrogen and oxygen atoms in total. The van der Waals surface area contributed by atoms with Crippen molar-refractivity contribution in [1.82, 2.24) is 0 Å². The van der Waals surface area contributed by atoms with Crippen molar-refractivity contribution >= 4 is 39.5 Å². The van der Waals surface area contributed by atoms with E-state index in [0.29, 0.717) is 25.7 Å². The molecule has 0 saturated heterocycles. The first kappa shape index (κ1) is 90.1. The molecule has 0 aromatic rings. The van der Waals surface area contributed by atoms with Crippen LogP contribution in [0.4, 0.5) is 0 Å². The second-order valence-corrected chi connectivity index (χ2v) is 29.7. The summed E-state index contributed by atoms with van der Waals surface area (Å²) < 4.78 is 68.3. The monoisotopic (exact) mass is 1350 g/mol. The van der Waals surface area contributed by atoms with Crippen LogP contribution in [0.15, 0.2) is 0 Å². The van der Waals surface area contributed by atoms with Crippen LogP contribution >= 0.6 is 15.6 Å². The third-order valence-corrected chi connectivity index (χ3v) is 18.9. The molecular formula is C73H142O17P2. The van der Waals surface area contributed by atoms with Gasteiger partial charge < -0.3 is 33.8 Å². The van der Waals surface area contributed by atoms with Crippen LogP contribution in [0.1, 0.15) is 381 Å². The van der Waals surface area contributed by atoms with E-state index in [9.17, 15) is 43.2 Å². The number of rotatable bonds is 73. The molecule has 0 aromatic carbocycles. The molecule has 19 heteroatoms. The molecule has 0 spiro atoms. The van der Waals surface area contributed by atoms with Gasteiger partial charge in [-0.25, -0.2) is 9.13 Å². The van der Waals surface area contributed by atoms with Crippen LogP contribution in [0.2, 0.25) is 0 Å². The number of aliphatic hydroxyl groups is 1. The van der Waals surface area contributed by atoms with Gasteiger partial charge in [0.25, 0.3) is 0 Å². The summed E-state index contributed by atoms with van der Waals surface area (Å²) in [5.74, 6) is -1.34. The Labute approximate surface area is 562 Å². The summed E-state index contributed by atoms with van der Waals surface area (Å²) in [5, 5.41) is 10.6. The van der Waals surface area contributed by atoms with Crippen molar-refractivity contribution in [2.45, 2.75) is 400 Å². The summed E-state index contributed by atoms with van der Waals surface area (Å²) in [6.07, 6.45) is 54.1. The van der Waals surface area contributed by atoms with E-state index in [0.717, 1.165) is 109 Å². The number of phosphoric acid groups is 2. The molecule has 0 rings (SSSR count). The number of hydrogen-bond acceptors (Lipinski definition) is 15. The van der Waals surface area contributed by atoms with Crippen molar-refractivity contribution in [3.8, 4) is 0 Å². The predicted molar refractivity (Wildman–Crippen MR) is 372 cm³/mol. The van der Waals surface area contributed by atoms with E-state index in [1.54, 1.807) is 0 Å². The maximum atomic E-state index is 13.1. The Morgan fingerprint density at radius 3 is 0.739 bits per heavy atom. The zero-order chi connectivity index (χ0) is 67.7. The first-order valence-electron chi connectivity index (χ1n) is 38.1. The molecule has 0 fully saturated rings. The lowest BCUT2D eigenvalue weighted by Crippen LogP contribution is -2.30. The number of carbonyl (C=O) groups excluding carboxylic acids is 4. The van der Waals surface area contributed by atoms with Gasteiger partial charge in [-0.2, -0.15) is 0 Å². The van der Waals surface area contributed by atoms with Gasteiger partial charge in [0, 0.05) is 25.7 Å². The lowest BCUT2D eigenvalue weighted by molar-refractivity contribution is -0.161. The van der Waals surface area contributed by atoms with Gasteiger partial charge in [0.2, 0.25) is 0 Å². The average molecular weight is 1350 g/mol. The first-order valence-corrected chi connectivity index (χ1v) is 41.1. The molecule has 5 atom stereocenters. The fourth-order valence-electron chi connectivity index (χ4n) is 11.2. The number of esters is 4. The molecule has 0 aliphatic carbocycles. The molecule has 2 unspecified atom stereocenters. The number of aliphatic hydroxyl groups excluding tert-OH is 1. The predicted octanol–water partition coefficient (Wildman–Crippen LogP) is 21.3. The lowest BCUT2D eigenvalue weighted by atomic mass is 10.0. The molecule has 546 valence electrons. The zero-order valence-electron chi connectivity index (χ0n) is 59.7. The van der Waals surface area contributed by atoms with E-state index >= 15 is 0 Å². The third-order valence-electron chi connectivity index (χ3n) is 17.0. The molecule has 0 amide bonds. The highest BCUT2D eigenvalue weighted by Gasteiger charge is 2.30. The van der Waals surface area contributed by atoms with Gasteiger partial charge >= 0.3 is 39.5 Å². The molecule has 3 N–H and O–H groups in total. The quantitative estimate of drug-likeness (QED) is 0.0222. The van der Waals surface area contributed by atoms with Crippen molar-refractivity contribution in [1.29, 1.82) is 0 Å². The van der Waals surface area contributed by atoms with Crippen LogP contribution in [0.25, 0.3) is 0 Å². The lowest BCUT2D eigenvalue weighted by Gasteiger charge is -2.21. The molecule has 0 aromatic heterocycles. The summed E-state index contributed by atoms with van der Waals surface area (Å²) in [6.45, 7) is 7.25. The van der Waals surface area contributed by atoms with Crippen LogP contribution in [0.5, 0.6) is 0 Å². The average Bonchev–Trinajstić information content (AvgIpc) is 3.40. The molecule has 0 bridgehead atoms. The largest absolute Gasteiger partial charge is 0.472 e. The maximum absolute atomic E-state index is 13.1. The van der Waals surface area contributed by atoms with Crippen LogP contribution < -0.4 is 0 Å². The second-order valence-electron chi connectivity index (χ2n) is 26.8. The van der Waals surface area contributed by atoms with Crippen molar-refractivity contribution in [3.63, 3.8) is 0 Å². The minimum absolute atomic E-state index is 0.107. The Balaban J connectivity index is 5.20. The van der Waals surface area contributed by atoms with E-state index in [4.69, 9.17) is 37.0 Å². The zero-order valence-corrected chi connectivity index (χ0v) is 61.5. The highest BCUT2D eigenvalue weighted by Crippen LogP contribution is 2.45. The first-order chi connectivity index (χ1) is 44.5. The highest BCUT2D eigenvalue weighted by molar-refractivity contribution is 7.47. The Kier molecular flexibility index (Phi) is 64.9. The van der Waals surface area contributed by atoms with Gasteiger partial charge in [-0.15, -0.1) is 0 Å².